The van der Waals surface area contributed by atoms with E-state index in [-0.39, 0.29) is 0 Å². The van der Waals surface area contributed by atoms with Crippen LogP contribution in [-0.4, -0.2) is 16.6 Å². The molecule has 2 rings (SSSR count). The molecule has 0 spiro atoms. The molecule has 0 aliphatic rings. The zero-order valence-electron chi connectivity index (χ0n) is 10.8. The molecule has 106 valence electrons. The minimum Gasteiger partial charge on any atom is -0.384 e. The first kappa shape index (κ1) is 15.4. The van der Waals surface area contributed by atoms with E-state index in [2.05, 4.69) is 9.97 Å². The van der Waals surface area contributed by atoms with Gasteiger partial charge in [-0.25, -0.2) is 9.97 Å². The molecule has 0 bridgehead atoms. The van der Waals surface area contributed by atoms with Crippen molar-refractivity contribution in [1.82, 2.24) is 9.97 Å². The normalized spacial score (nSPS) is 10.8. The summed E-state index contributed by atoms with van der Waals surface area (Å²) < 4.78 is 5.29. The molecule has 0 aliphatic carbocycles. The number of nitrogens with two attached hydrogens (primary N) is 1. The van der Waals surface area contributed by atoms with E-state index >= 15 is 0 Å². The first-order valence-corrected chi connectivity index (χ1v) is 7.50. The lowest BCUT2D eigenvalue weighted by Gasteiger charge is -2.06. The van der Waals surface area contributed by atoms with Crippen molar-refractivity contribution in [2.75, 3.05) is 12.3 Å². The topological polar surface area (TPSA) is 61.0 Å². The summed E-state index contributed by atoms with van der Waals surface area (Å²) in [5.74, 6) is 0.978. The molecule has 0 saturated heterocycles. The lowest BCUT2D eigenvalue weighted by molar-refractivity contribution is 0.128. The van der Waals surface area contributed by atoms with Crippen molar-refractivity contribution in [3.05, 3.63) is 40.1 Å². The van der Waals surface area contributed by atoms with Gasteiger partial charge in [0, 0.05) is 17.6 Å². The van der Waals surface area contributed by atoms with Crippen LogP contribution in [0.15, 0.2) is 34.2 Å². The van der Waals surface area contributed by atoms with Gasteiger partial charge in [0.2, 0.25) is 0 Å². The molecule has 0 fully saturated rings. The van der Waals surface area contributed by atoms with Crippen LogP contribution in [-0.2, 0) is 11.3 Å². The summed E-state index contributed by atoms with van der Waals surface area (Å²) in [7, 11) is 0. The Kier molecular flexibility index (Phi) is 5.48. The van der Waals surface area contributed by atoms with Crippen molar-refractivity contribution in [3.8, 4) is 0 Å². The van der Waals surface area contributed by atoms with E-state index in [4.69, 9.17) is 33.7 Å². The highest BCUT2D eigenvalue weighted by Crippen LogP contribution is 2.32. The second kappa shape index (κ2) is 7.13. The molecule has 1 heterocycles. The Hall–Kier alpha value is -1.01. The summed E-state index contributed by atoms with van der Waals surface area (Å²) >= 11 is 13.3. The van der Waals surface area contributed by atoms with E-state index in [1.165, 1.54) is 11.8 Å². The standard InChI is InChI=1S/C13H13Cl2N3OS/c1-2-19-7-12-17-11(16)6-13(18-12)20-8-3-4-9(14)10(15)5-8/h3-6H,2,7H2,1H3,(H2,16,17,18). The average molecular weight is 330 g/mol. The quantitative estimate of drug-likeness (QED) is 0.838. The van der Waals surface area contributed by atoms with Crippen LogP contribution in [0.2, 0.25) is 10.0 Å². The number of benzene rings is 1. The second-order valence-corrected chi connectivity index (χ2v) is 5.77. The lowest BCUT2D eigenvalue weighted by atomic mass is 10.4. The van der Waals surface area contributed by atoms with Crippen molar-refractivity contribution >= 4 is 40.8 Å². The van der Waals surface area contributed by atoms with Gasteiger partial charge in [-0.1, -0.05) is 35.0 Å². The molecular weight excluding hydrogens is 317 g/mol. The highest BCUT2D eigenvalue weighted by molar-refractivity contribution is 7.99. The fraction of sp³-hybridized carbons (Fsp3) is 0.231. The highest BCUT2D eigenvalue weighted by atomic mass is 35.5. The Morgan fingerprint density at radius 3 is 2.70 bits per heavy atom. The van der Waals surface area contributed by atoms with E-state index in [1.807, 2.05) is 13.0 Å². The third-order valence-electron chi connectivity index (χ3n) is 2.32. The summed E-state index contributed by atoms with van der Waals surface area (Å²) in [4.78, 5) is 9.45. The van der Waals surface area contributed by atoms with E-state index < -0.39 is 0 Å². The van der Waals surface area contributed by atoms with Crippen LogP contribution in [0.3, 0.4) is 0 Å². The highest BCUT2D eigenvalue weighted by Gasteiger charge is 2.06. The molecule has 0 atom stereocenters. The molecule has 7 heteroatoms. The third kappa shape index (κ3) is 4.24. The van der Waals surface area contributed by atoms with E-state index in [1.54, 1.807) is 18.2 Å². The summed E-state index contributed by atoms with van der Waals surface area (Å²) in [6.45, 7) is 2.86. The summed E-state index contributed by atoms with van der Waals surface area (Å²) in [5, 5.41) is 1.77. The number of aromatic nitrogens is 2. The lowest BCUT2D eigenvalue weighted by Crippen LogP contribution is -2.03. The Labute approximate surface area is 131 Å². The van der Waals surface area contributed by atoms with Crippen LogP contribution in [0.4, 0.5) is 5.82 Å². The fourth-order valence-corrected chi connectivity index (χ4v) is 2.71. The van der Waals surface area contributed by atoms with Crippen molar-refractivity contribution in [2.24, 2.45) is 0 Å². The van der Waals surface area contributed by atoms with E-state index in [9.17, 15) is 0 Å². The monoisotopic (exact) mass is 329 g/mol. The first-order chi connectivity index (χ1) is 9.58. The predicted molar refractivity (Wildman–Crippen MR) is 82.4 cm³/mol. The second-order valence-electron chi connectivity index (χ2n) is 3.86. The molecular formula is C13H13Cl2N3OS. The zero-order valence-corrected chi connectivity index (χ0v) is 13.1. The zero-order chi connectivity index (χ0) is 14.5. The molecule has 0 amide bonds. The van der Waals surface area contributed by atoms with Gasteiger partial charge in [0.25, 0.3) is 0 Å². The number of anilines is 1. The maximum atomic E-state index is 5.99. The van der Waals surface area contributed by atoms with Crippen LogP contribution in [0.1, 0.15) is 12.7 Å². The van der Waals surface area contributed by atoms with E-state index in [0.717, 1.165) is 9.92 Å². The first-order valence-electron chi connectivity index (χ1n) is 5.92. The van der Waals surface area contributed by atoms with Crippen LogP contribution in [0.25, 0.3) is 0 Å². The van der Waals surface area contributed by atoms with Crippen LogP contribution < -0.4 is 5.73 Å². The number of hydrogen-bond acceptors (Lipinski definition) is 5. The largest absolute Gasteiger partial charge is 0.384 e. The molecule has 0 aliphatic heterocycles. The molecule has 1 aromatic carbocycles. The van der Waals surface area contributed by atoms with Gasteiger partial charge in [-0.15, -0.1) is 0 Å². The molecule has 2 N–H and O–H groups in total. The summed E-state index contributed by atoms with van der Waals surface area (Å²) in [6.07, 6.45) is 0. The Bertz CT molecular complexity index is 610. The van der Waals surface area contributed by atoms with Gasteiger partial charge in [-0.3, -0.25) is 0 Å². The Balaban J connectivity index is 2.19. The van der Waals surface area contributed by atoms with Crippen molar-refractivity contribution in [2.45, 2.75) is 23.5 Å². The van der Waals surface area contributed by atoms with E-state index in [0.29, 0.717) is 34.9 Å². The molecule has 1 aromatic heterocycles. The van der Waals surface area contributed by atoms with Crippen LogP contribution in [0.5, 0.6) is 0 Å². The molecule has 0 saturated carbocycles. The number of nitrogen functional groups attached to an aromatic ring is 1. The number of hydrogen-bond donors (Lipinski definition) is 1. The average Bonchev–Trinajstić information content (AvgIpc) is 2.40. The number of rotatable bonds is 5. The smallest absolute Gasteiger partial charge is 0.157 e. The SMILES string of the molecule is CCOCc1nc(N)cc(Sc2ccc(Cl)c(Cl)c2)n1. The van der Waals surface area contributed by atoms with Crippen molar-refractivity contribution in [1.29, 1.82) is 0 Å². The predicted octanol–water partition coefficient (Wildman–Crippen LogP) is 4.05. The number of ether oxygens (including phenoxy) is 1. The van der Waals surface area contributed by atoms with Gasteiger partial charge in [-0.2, -0.15) is 0 Å². The molecule has 0 radical (unpaired) electrons. The molecule has 4 nitrogen and oxygen atoms in total. The van der Waals surface area contributed by atoms with Crippen LogP contribution in [0, 0.1) is 0 Å². The minimum absolute atomic E-state index is 0.344. The maximum absolute atomic E-state index is 5.99. The number of halogens is 2. The van der Waals surface area contributed by atoms with Gasteiger partial charge < -0.3 is 10.5 Å². The molecule has 20 heavy (non-hydrogen) atoms. The molecule has 0 unspecified atom stereocenters. The fourth-order valence-electron chi connectivity index (χ4n) is 1.46. The van der Waals surface area contributed by atoms with Gasteiger partial charge in [0.1, 0.15) is 17.5 Å². The molecule has 2 aromatic rings. The van der Waals surface area contributed by atoms with Gasteiger partial charge in [0.05, 0.1) is 10.0 Å². The summed E-state index contributed by atoms with van der Waals surface area (Å²) in [6, 6.07) is 7.12. The Morgan fingerprint density at radius 1 is 1.20 bits per heavy atom. The van der Waals surface area contributed by atoms with Crippen LogP contribution >= 0.6 is 35.0 Å². The van der Waals surface area contributed by atoms with Gasteiger partial charge in [0.15, 0.2) is 5.82 Å². The third-order valence-corrected chi connectivity index (χ3v) is 3.96. The summed E-state index contributed by atoms with van der Waals surface area (Å²) in [5.41, 5.74) is 5.77. The Morgan fingerprint density at radius 2 is 2.00 bits per heavy atom. The number of nitrogens with zero attached hydrogens (tertiary/aromatic N) is 2. The van der Waals surface area contributed by atoms with Gasteiger partial charge in [-0.05, 0) is 25.1 Å². The van der Waals surface area contributed by atoms with Crippen molar-refractivity contribution in [3.63, 3.8) is 0 Å². The maximum Gasteiger partial charge on any atom is 0.157 e. The van der Waals surface area contributed by atoms with Crippen molar-refractivity contribution < 1.29 is 4.74 Å². The minimum atomic E-state index is 0.344. The van der Waals surface area contributed by atoms with Gasteiger partial charge >= 0.3 is 0 Å².